The van der Waals surface area contributed by atoms with E-state index in [-0.39, 0.29) is 0 Å². The van der Waals surface area contributed by atoms with Crippen molar-refractivity contribution in [3.05, 3.63) is 35.2 Å². The molecule has 0 N–H and O–H groups in total. The smallest absolute Gasteiger partial charge is 0.175 e. The van der Waals surface area contributed by atoms with E-state index in [0.29, 0.717) is 5.02 Å². The fraction of sp³-hybridized carbons (Fsp3) is 0.182. The van der Waals surface area contributed by atoms with Crippen LogP contribution in [0.15, 0.2) is 33.2 Å². The minimum Gasteiger partial charge on any atom is -0.305 e. The van der Waals surface area contributed by atoms with Crippen LogP contribution in [0, 0.1) is 0 Å². The highest BCUT2D eigenvalue weighted by molar-refractivity contribution is 8.02. The fourth-order valence-corrected chi connectivity index (χ4v) is 4.05. The Kier molecular flexibility index (Phi) is 3.97. The standard InChI is InChI=1S/C11H9ClN4S3/c1-17-10-14-15-11(19-10)18-6-8-5-16-4-7(12)2-3-9(16)13-8/h2-5H,6H2,1H3. The number of imidazole rings is 1. The monoisotopic (exact) mass is 328 g/mol. The van der Waals surface area contributed by atoms with E-state index >= 15 is 0 Å². The van der Waals surface area contributed by atoms with Crippen LogP contribution >= 0.6 is 46.5 Å². The number of aromatic nitrogens is 4. The number of halogens is 1. The van der Waals surface area contributed by atoms with E-state index in [4.69, 9.17) is 11.6 Å². The van der Waals surface area contributed by atoms with Gasteiger partial charge in [-0.05, 0) is 18.4 Å². The quantitative estimate of drug-likeness (QED) is 0.680. The SMILES string of the molecule is CSc1nnc(SCc2cn3cc(Cl)ccc3n2)s1. The first kappa shape index (κ1) is 13.2. The average Bonchev–Trinajstić information content (AvgIpc) is 3.01. The third kappa shape index (κ3) is 3.05. The van der Waals surface area contributed by atoms with E-state index in [1.54, 1.807) is 34.9 Å². The topological polar surface area (TPSA) is 43.1 Å². The van der Waals surface area contributed by atoms with Crippen molar-refractivity contribution in [3.8, 4) is 0 Å². The number of nitrogens with zero attached hydrogens (tertiary/aromatic N) is 4. The zero-order valence-corrected chi connectivity index (χ0v) is 13.1. The largest absolute Gasteiger partial charge is 0.305 e. The van der Waals surface area contributed by atoms with Gasteiger partial charge in [0, 0.05) is 18.1 Å². The molecule has 0 atom stereocenters. The van der Waals surface area contributed by atoms with Crippen LogP contribution in [-0.4, -0.2) is 25.8 Å². The normalized spacial score (nSPS) is 11.3. The lowest BCUT2D eigenvalue weighted by molar-refractivity contribution is 0.955. The highest BCUT2D eigenvalue weighted by atomic mass is 35.5. The Morgan fingerprint density at radius 2 is 2.11 bits per heavy atom. The first-order chi connectivity index (χ1) is 9.24. The van der Waals surface area contributed by atoms with Crippen LogP contribution < -0.4 is 0 Å². The molecule has 3 aromatic rings. The Morgan fingerprint density at radius 1 is 1.26 bits per heavy atom. The van der Waals surface area contributed by atoms with Crippen molar-refractivity contribution in [2.24, 2.45) is 0 Å². The third-order valence-electron chi connectivity index (χ3n) is 2.37. The summed E-state index contributed by atoms with van der Waals surface area (Å²) in [5.41, 5.74) is 1.91. The first-order valence-corrected chi connectivity index (χ1v) is 8.78. The molecular formula is C11H9ClN4S3. The maximum absolute atomic E-state index is 5.95. The maximum Gasteiger partial charge on any atom is 0.175 e. The molecule has 19 heavy (non-hydrogen) atoms. The number of fused-ring (bicyclic) bond motifs is 1. The van der Waals surface area contributed by atoms with Gasteiger partial charge in [0.05, 0.1) is 10.7 Å². The molecule has 8 heteroatoms. The molecule has 0 amide bonds. The predicted molar refractivity (Wildman–Crippen MR) is 81.5 cm³/mol. The predicted octanol–water partition coefficient (Wildman–Crippen LogP) is 3.85. The van der Waals surface area contributed by atoms with Gasteiger partial charge in [0.15, 0.2) is 8.68 Å². The Balaban J connectivity index is 1.74. The molecule has 0 saturated heterocycles. The number of rotatable bonds is 4. The number of pyridine rings is 1. The number of hydrogen-bond acceptors (Lipinski definition) is 6. The van der Waals surface area contributed by atoms with E-state index in [1.165, 1.54) is 0 Å². The highest BCUT2D eigenvalue weighted by Crippen LogP contribution is 2.29. The van der Waals surface area contributed by atoms with Crippen LogP contribution in [0.5, 0.6) is 0 Å². The summed E-state index contributed by atoms with van der Waals surface area (Å²) in [6, 6.07) is 3.75. The summed E-state index contributed by atoms with van der Waals surface area (Å²) in [5.74, 6) is 0.780. The highest BCUT2D eigenvalue weighted by Gasteiger charge is 2.07. The molecule has 4 nitrogen and oxygen atoms in total. The molecule has 0 bridgehead atoms. The second kappa shape index (κ2) is 5.70. The zero-order chi connectivity index (χ0) is 13.2. The van der Waals surface area contributed by atoms with Crippen LogP contribution in [0.3, 0.4) is 0 Å². The van der Waals surface area contributed by atoms with E-state index in [0.717, 1.165) is 25.8 Å². The van der Waals surface area contributed by atoms with Gasteiger partial charge < -0.3 is 4.40 Å². The van der Waals surface area contributed by atoms with Gasteiger partial charge in [-0.2, -0.15) is 0 Å². The Hall–Kier alpha value is -0.760. The summed E-state index contributed by atoms with van der Waals surface area (Å²) in [7, 11) is 0. The van der Waals surface area contributed by atoms with Gasteiger partial charge in [-0.3, -0.25) is 0 Å². The van der Waals surface area contributed by atoms with Gasteiger partial charge in [0.2, 0.25) is 0 Å². The minimum absolute atomic E-state index is 0.706. The van der Waals surface area contributed by atoms with E-state index in [2.05, 4.69) is 15.2 Å². The molecule has 0 unspecified atom stereocenters. The lowest BCUT2D eigenvalue weighted by Crippen LogP contribution is -1.79. The summed E-state index contributed by atoms with van der Waals surface area (Å²) < 4.78 is 3.90. The van der Waals surface area contributed by atoms with E-state index in [9.17, 15) is 0 Å². The Labute approximate surface area is 127 Å². The molecule has 0 aliphatic carbocycles. The van der Waals surface area contributed by atoms with Gasteiger partial charge in [-0.15, -0.1) is 10.2 Å². The van der Waals surface area contributed by atoms with Crippen molar-refractivity contribution in [2.45, 2.75) is 14.4 Å². The molecule has 0 aromatic carbocycles. The third-order valence-corrected chi connectivity index (χ3v) is 5.66. The van der Waals surface area contributed by atoms with Crippen molar-refractivity contribution < 1.29 is 0 Å². The summed E-state index contributed by atoms with van der Waals surface area (Å²) in [6.07, 6.45) is 5.85. The molecule has 0 aliphatic heterocycles. The molecule has 0 spiro atoms. The van der Waals surface area contributed by atoms with Gasteiger partial charge in [-0.25, -0.2) is 4.98 Å². The van der Waals surface area contributed by atoms with Crippen LogP contribution in [0.25, 0.3) is 5.65 Å². The average molecular weight is 329 g/mol. The maximum atomic E-state index is 5.95. The second-order valence-corrected chi connectivity index (χ2v) is 7.36. The zero-order valence-electron chi connectivity index (χ0n) is 9.91. The molecule has 0 aliphatic rings. The van der Waals surface area contributed by atoms with E-state index < -0.39 is 0 Å². The van der Waals surface area contributed by atoms with Crippen LogP contribution in [0.2, 0.25) is 5.02 Å². The van der Waals surface area contributed by atoms with Crippen molar-refractivity contribution >= 4 is 52.1 Å². The van der Waals surface area contributed by atoms with Gasteiger partial charge >= 0.3 is 0 Å². The lowest BCUT2D eigenvalue weighted by Gasteiger charge is -1.91. The van der Waals surface area contributed by atoms with Crippen LogP contribution in [0.4, 0.5) is 0 Å². The lowest BCUT2D eigenvalue weighted by atomic mass is 10.5. The van der Waals surface area contributed by atoms with E-state index in [1.807, 2.05) is 35.2 Å². The fourth-order valence-electron chi connectivity index (χ4n) is 1.56. The van der Waals surface area contributed by atoms with Gasteiger partial charge in [0.25, 0.3) is 0 Å². The molecule has 0 radical (unpaired) electrons. The van der Waals surface area contributed by atoms with Crippen molar-refractivity contribution in [1.29, 1.82) is 0 Å². The van der Waals surface area contributed by atoms with Crippen LogP contribution in [-0.2, 0) is 5.75 Å². The Bertz CT molecular complexity index is 709. The molecule has 0 saturated carbocycles. The number of thioether (sulfide) groups is 2. The molecule has 98 valence electrons. The van der Waals surface area contributed by atoms with Gasteiger partial charge in [0.1, 0.15) is 5.65 Å². The minimum atomic E-state index is 0.706. The molecule has 3 rings (SSSR count). The molecule has 0 fully saturated rings. The van der Waals surface area contributed by atoms with Crippen molar-refractivity contribution in [2.75, 3.05) is 6.26 Å². The van der Waals surface area contributed by atoms with Crippen molar-refractivity contribution in [3.63, 3.8) is 0 Å². The summed E-state index contributed by atoms with van der Waals surface area (Å²) in [6.45, 7) is 0. The molecular weight excluding hydrogens is 320 g/mol. The van der Waals surface area contributed by atoms with Gasteiger partial charge in [-0.1, -0.05) is 46.5 Å². The molecule has 3 aromatic heterocycles. The van der Waals surface area contributed by atoms with Crippen molar-refractivity contribution in [1.82, 2.24) is 19.6 Å². The molecule has 3 heterocycles. The summed E-state index contributed by atoms with van der Waals surface area (Å²) >= 11 is 10.8. The Morgan fingerprint density at radius 3 is 2.89 bits per heavy atom. The summed E-state index contributed by atoms with van der Waals surface area (Å²) in [4.78, 5) is 4.53. The number of hydrogen-bond donors (Lipinski definition) is 0. The summed E-state index contributed by atoms with van der Waals surface area (Å²) in [5, 5.41) is 8.90. The second-order valence-electron chi connectivity index (χ2n) is 3.67. The first-order valence-electron chi connectivity index (χ1n) is 5.38. The van der Waals surface area contributed by atoms with Crippen LogP contribution in [0.1, 0.15) is 5.69 Å².